The molecule has 1 aromatic heterocycles. The molecule has 110 valence electrons. The molecule has 4 nitrogen and oxygen atoms in total. The fraction of sp³-hybridized carbons (Fsp3) is 0.800. The van der Waals surface area contributed by atoms with Gasteiger partial charge in [0.25, 0.3) is 0 Å². The smallest absolute Gasteiger partial charge is 0.0949 e. The summed E-state index contributed by atoms with van der Waals surface area (Å²) in [5.41, 5.74) is 1.28. The second kappa shape index (κ2) is 8.33. The van der Waals surface area contributed by atoms with Gasteiger partial charge in [-0.25, -0.2) is 4.98 Å². The Balaban J connectivity index is 2.50. The maximum atomic E-state index is 4.27. The molecule has 0 amide bonds. The van der Waals surface area contributed by atoms with E-state index in [1.807, 2.05) is 12.5 Å². The van der Waals surface area contributed by atoms with Crippen LogP contribution in [0.5, 0.6) is 0 Å². The van der Waals surface area contributed by atoms with Crippen LogP contribution in [0.4, 0.5) is 0 Å². The van der Waals surface area contributed by atoms with E-state index in [9.17, 15) is 0 Å². The summed E-state index contributed by atoms with van der Waals surface area (Å²) in [4.78, 5) is 6.79. The van der Waals surface area contributed by atoms with Crippen molar-refractivity contribution in [3.8, 4) is 0 Å². The molecule has 0 radical (unpaired) electrons. The van der Waals surface area contributed by atoms with E-state index in [0.29, 0.717) is 12.1 Å². The molecule has 4 heteroatoms. The summed E-state index contributed by atoms with van der Waals surface area (Å²) in [5.74, 6) is 0. The minimum atomic E-state index is 0.588. The number of aromatic nitrogens is 2. The maximum Gasteiger partial charge on any atom is 0.0949 e. The van der Waals surface area contributed by atoms with E-state index in [0.717, 1.165) is 26.2 Å². The van der Waals surface area contributed by atoms with Crippen LogP contribution >= 0.6 is 0 Å². The third kappa shape index (κ3) is 5.33. The molecular formula is C15H30N4. The average molecular weight is 266 g/mol. The van der Waals surface area contributed by atoms with Gasteiger partial charge >= 0.3 is 0 Å². The molecule has 0 aliphatic heterocycles. The molecule has 0 bridgehead atoms. The fourth-order valence-corrected chi connectivity index (χ4v) is 2.43. The van der Waals surface area contributed by atoms with Crippen molar-refractivity contribution in [3.63, 3.8) is 0 Å². The average Bonchev–Trinajstić information content (AvgIpc) is 2.76. The van der Waals surface area contributed by atoms with Crippen molar-refractivity contribution in [3.05, 3.63) is 18.2 Å². The monoisotopic (exact) mass is 266 g/mol. The van der Waals surface area contributed by atoms with E-state index in [-0.39, 0.29) is 0 Å². The summed E-state index contributed by atoms with van der Waals surface area (Å²) in [6, 6.07) is 1.18. The Morgan fingerprint density at radius 2 is 1.95 bits per heavy atom. The Morgan fingerprint density at radius 1 is 1.26 bits per heavy atom. The normalized spacial score (nSPS) is 12.0. The molecule has 1 rings (SSSR count). The number of hydrogen-bond donors (Lipinski definition) is 1. The first kappa shape index (κ1) is 16.2. The minimum absolute atomic E-state index is 0.588. The van der Waals surface area contributed by atoms with E-state index in [2.05, 4.69) is 54.4 Å². The van der Waals surface area contributed by atoms with Crippen LogP contribution in [0.3, 0.4) is 0 Å². The van der Waals surface area contributed by atoms with E-state index in [1.54, 1.807) is 0 Å². The van der Waals surface area contributed by atoms with Gasteiger partial charge in [-0.1, -0.05) is 6.92 Å². The number of nitrogens with zero attached hydrogens (tertiary/aromatic N) is 3. The minimum Gasteiger partial charge on any atom is -0.332 e. The van der Waals surface area contributed by atoms with Gasteiger partial charge in [0.15, 0.2) is 0 Å². The molecule has 1 heterocycles. The zero-order chi connectivity index (χ0) is 14.3. The van der Waals surface area contributed by atoms with Crippen LogP contribution in [0.15, 0.2) is 12.5 Å². The van der Waals surface area contributed by atoms with Crippen LogP contribution in [-0.4, -0.2) is 39.6 Å². The highest BCUT2D eigenvalue weighted by molar-refractivity contribution is 4.98. The first-order valence-electron chi connectivity index (χ1n) is 7.51. The van der Waals surface area contributed by atoms with Crippen molar-refractivity contribution in [1.82, 2.24) is 19.8 Å². The Labute approximate surface area is 118 Å². The topological polar surface area (TPSA) is 33.1 Å². The van der Waals surface area contributed by atoms with Gasteiger partial charge in [-0.3, -0.25) is 4.90 Å². The van der Waals surface area contributed by atoms with Crippen molar-refractivity contribution in [2.45, 2.75) is 66.2 Å². The van der Waals surface area contributed by atoms with Crippen molar-refractivity contribution < 1.29 is 0 Å². The molecule has 0 aliphatic rings. The number of imidazole rings is 1. The quantitative estimate of drug-likeness (QED) is 0.697. The largest absolute Gasteiger partial charge is 0.332 e. The SMILES string of the molecule is CCCNCc1cncn1CCN(C(C)C)C(C)C. The molecule has 1 aromatic rings. The van der Waals surface area contributed by atoms with Gasteiger partial charge in [0.05, 0.1) is 12.0 Å². The second-order valence-corrected chi connectivity index (χ2v) is 5.68. The number of nitrogens with one attached hydrogen (secondary N) is 1. The lowest BCUT2D eigenvalue weighted by atomic mass is 10.2. The molecule has 0 aromatic carbocycles. The van der Waals surface area contributed by atoms with Gasteiger partial charge in [-0.05, 0) is 40.7 Å². The molecule has 1 N–H and O–H groups in total. The van der Waals surface area contributed by atoms with Crippen LogP contribution in [0, 0.1) is 0 Å². The maximum absolute atomic E-state index is 4.27. The molecule has 0 atom stereocenters. The summed E-state index contributed by atoms with van der Waals surface area (Å²) in [7, 11) is 0. The number of rotatable bonds is 9. The predicted octanol–water partition coefficient (Wildman–Crippen LogP) is 2.50. The van der Waals surface area contributed by atoms with Gasteiger partial charge in [0, 0.05) is 37.9 Å². The van der Waals surface area contributed by atoms with E-state index in [4.69, 9.17) is 0 Å². The highest BCUT2D eigenvalue weighted by Gasteiger charge is 2.13. The van der Waals surface area contributed by atoms with Gasteiger partial charge in [-0.2, -0.15) is 0 Å². The third-order valence-corrected chi connectivity index (χ3v) is 3.46. The zero-order valence-electron chi connectivity index (χ0n) is 13.2. The van der Waals surface area contributed by atoms with Gasteiger partial charge in [-0.15, -0.1) is 0 Å². The Bertz CT molecular complexity index is 336. The Morgan fingerprint density at radius 3 is 2.53 bits per heavy atom. The van der Waals surface area contributed by atoms with E-state index >= 15 is 0 Å². The highest BCUT2D eigenvalue weighted by atomic mass is 15.2. The molecule has 0 aliphatic carbocycles. The van der Waals surface area contributed by atoms with Gasteiger partial charge in [0.1, 0.15) is 0 Å². The first-order chi connectivity index (χ1) is 9.06. The molecule has 0 saturated heterocycles. The summed E-state index contributed by atoms with van der Waals surface area (Å²) in [5, 5.41) is 3.44. The summed E-state index contributed by atoms with van der Waals surface area (Å²) in [6.45, 7) is 15.3. The highest BCUT2D eigenvalue weighted by Crippen LogP contribution is 2.06. The molecule has 0 spiro atoms. The standard InChI is InChI=1S/C15H30N4/c1-6-7-16-10-15-11-17-12-18(15)8-9-19(13(2)3)14(4)5/h11-14,16H,6-10H2,1-5H3. The van der Waals surface area contributed by atoms with Crippen LogP contribution in [0.1, 0.15) is 46.7 Å². The molecular weight excluding hydrogens is 236 g/mol. The van der Waals surface area contributed by atoms with Crippen molar-refractivity contribution in [2.24, 2.45) is 0 Å². The lowest BCUT2D eigenvalue weighted by molar-refractivity contribution is 0.167. The fourth-order valence-electron chi connectivity index (χ4n) is 2.43. The van der Waals surface area contributed by atoms with E-state index < -0.39 is 0 Å². The lowest BCUT2D eigenvalue weighted by Crippen LogP contribution is -2.39. The second-order valence-electron chi connectivity index (χ2n) is 5.68. The molecule has 0 fully saturated rings. The van der Waals surface area contributed by atoms with Crippen LogP contribution in [-0.2, 0) is 13.1 Å². The summed E-state index contributed by atoms with van der Waals surface area (Å²) < 4.78 is 2.26. The van der Waals surface area contributed by atoms with Crippen molar-refractivity contribution >= 4 is 0 Å². The molecule has 0 unspecified atom stereocenters. The van der Waals surface area contributed by atoms with Gasteiger partial charge in [0.2, 0.25) is 0 Å². The third-order valence-electron chi connectivity index (χ3n) is 3.46. The van der Waals surface area contributed by atoms with Crippen LogP contribution < -0.4 is 5.32 Å². The Kier molecular flexibility index (Phi) is 7.10. The molecule has 0 saturated carbocycles. The number of hydrogen-bond acceptors (Lipinski definition) is 3. The van der Waals surface area contributed by atoms with Crippen molar-refractivity contribution in [1.29, 1.82) is 0 Å². The van der Waals surface area contributed by atoms with Crippen LogP contribution in [0.2, 0.25) is 0 Å². The van der Waals surface area contributed by atoms with Crippen molar-refractivity contribution in [2.75, 3.05) is 13.1 Å². The molecule has 19 heavy (non-hydrogen) atoms. The van der Waals surface area contributed by atoms with Gasteiger partial charge < -0.3 is 9.88 Å². The Hall–Kier alpha value is -0.870. The van der Waals surface area contributed by atoms with Crippen LogP contribution in [0.25, 0.3) is 0 Å². The van der Waals surface area contributed by atoms with E-state index in [1.165, 1.54) is 12.1 Å². The lowest BCUT2D eigenvalue weighted by Gasteiger charge is -2.30. The zero-order valence-corrected chi connectivity index (χ0v) is 13.2. The first-order valence-corrected chi connectivity index (χ1v) is 7.51. The predicted molar refractivity (Wildman–Crippen MR) is 81.2 cm³/mol. The summed E-state index contributed by atoms with van der Waals surface area (Å²) in [6.07, 6.45) is 5.09. The summed E-state index contributed by atoms with van der Waals surface area (Å²) >= 11 is 0.